The molecule has 2 aliphatic rings. The van der Waals surface area contributed by atoms with E-state index in [-0.39, 0.29) is 18.2 Å². The van der Waals surface area contributed by atoms with Crippen molar-refractivity contribution in [1.29, 1.82) is 0 Å². The minimum Gasteiger partial charge on any atom is -0.347 e. The molecule has 1 aromatic heterocycles. The molecule has 2 N–H and O–H groups in total. The van der Waals surface area contributed by atoms with Crippen LogP contribution in [0.5, 0.6) is 0 Å². The predicted molar refractivity (Wildman–Crippen MR) is 90.4 cm³/mol. The van der Waals surface area contributed by atoms with Crippen LogP contribution in [0, 0.1) is 0 Å². The second kappa shape index (κ2) is 7.94. The van der Waals surface area contributed by atoms with Gasteiger partial charge in [0.05, 0.1) is 18.3 Å². The van der Waals surface area contributed by atoms with Crippen molar-refractivity contribution in [1.82, 2.24) is 15.6 Å². The topological polar surface area (TPSA) is 72.5 Å². The zero-order valence-electron chi connectivity index (χ0n) is 14.3. The summed E-state index contributed by atoms with van der Waals surface area (Å²) in [5.74, 6) is -0.402. The lowest BCUT2D eigenvalue weighted by Crippen LogP contribution is -2.42. The van der Waals surface area contributed by atoms with Crippen molar-refractivity contribution in [2.75, 3.05) is 13.2 Å². The van der Waals surface area contributed by atoms with Crippen molar-refractivity contribution in [2.45, 2.75) is 63.4 Å². The van der Waals surface area contributed by atoms with Gasteiger partial charge in [0.2, 0.25) is 0 Å². The second-order valence-electron chi connectivity index (χ2n) is 6.71. The van der Waals surface area contributed by atoms with Gasteiger partial charge >= 0.3 is 6.03 Å². The molecule has 0 bridgehead atoms. The standard InChI is InChI=1S/C18H27N3O3/c1-14(16-8-4-7-11-19-16)21-17(22)20-12-15-13-23-18(24-15)9-5-2-3-6-10-18/h4,7-8,11,14-15H,2-3,5-6,9-10,12-13H2,1H3,(H2,20,21,22)/t14-,15-/m0/s1. The summed E-state index contributed by atoms with van der Waals surface area (Å²) in [6, 6.07) is 5.32. The van der Waals surface area contributed by atoms with E-state index in [0.29, 0.717) is 13.2 Å². The molecule has 1 aliphatic heterocycles. The Balaban J connectivity index is 1.42. The van der Waals surface area contributed by atoms with Gasteiger partial charge in [-0.15, -0.1) is 0 Å². The van der Waals surface area contributed by atoms with Crippen molar-refractivity contribution in [3.8, 4) is 0 Å². The summed E-state index contributed by atoms with van der Waals surface area (Å²) in [7, 11) is 0. The molecular formula is C18H27N3O3. The van der Waals surface area contributed by atoms with Crippen LogP contribution in [0.2, 0.25) is 0 Å². The van der Waals surface area contributed by atoms with Crippen LogP contribution < -0.4 is 10.6 Å². The molecule has 3 rings (SSSR count). The van der Waals surface area contributed by atoms with Gasteiger partial charge in [-0.1, -0.05) is 18.9 Å². The van der Waals surface area contributed by atoms with Crippen LogP contribution in [0.4, 0.5) is 4.79 Å². The molecule has 24 heavy (non-hydrogen) atoms. The van der Waals surface area contributed by atoms with Gasteiger partial charge in [-0.05, 0) is 31.9 Å². The molecule has 6 heteroatoms. The number of hydrogen-bond acceptors (Lipinski definition) is 4. The lowest BCUT2D eigenvalue weighted by Gasteiger charge is -2.26. The number of hydrogen-bond donors (Lipinski definition) is 2. The van der Waals surface area contributed by atoms with Gasteiger partial charge in [-0.2, -0.15) is 0 Å². The molecule has 2 heterocycles. The number of aromatic nitrogens is 1. The molecular weight excluding hydrogens is 306 g/mol. The first-order valence-electron chi connectivity index (χ1n) is 8.94. The van der Waals surface area contributed by atoms with E-state index in [4.69, 9.17) is 9.47 Å². The zero-order chi connectivity index (χ0) is 16.8. The van der Waals surface area contributed by atoms with Crippen LogP contribution in [-0.4, -0.2) is 36.1 Å². The van der Waals surface area contributed by atoms with Crippen molar-refractivity contribution in [3.05, 3.63) is 30.1 Å². The van der Waals surface area contributed by atoms with Crippen LogP contribution in [0.3, 0.4) is 0 Å². The smallest absolute Gasteiger partial charge is 0.315 e. The van der Waals surface area contributed by atoms with E-state index < -0.39 is 5.79 Å². The first kappa shape index (κ1) is 17.2. The van der Waals surface area contributed by atoms with Gasteiger partial charge in [-0.25, -0.2) is 4.79 Å². The summed E-state index contributed by atoms with van der Waals surface area (Å²) in [6.07, 6.45) is 8.40. The molecule has 1 saturated carbocycles. The van der Waals surface area contributed by atoms with Gasteiger partial charge in [0.1, 0.15) is 6.10 Å². The Kier molecular flexibility index (Phi) is 5.68. The van der Waals surface area contributed by atoms with E-state index >= 15 is 0 Å². The van der Waals surface area contributed by atoms with E-state index in [1.807, 2.05) is 25.1 Å². The van der Waals surface area contributed by atoms with Gasteiger partial charge in [-0.3, -0.25) is 4.98 Å². The maximum atomic E-state index is 12.1. The van der Waals surface area contributed by atoms with E-state index in [1.54, 1.807) is 6.20 Å². The Bertz CT molecular complexity index is 530. The van der Waals surface area contributed by atoms with Crippen LogP contribution in [0.1, 0.15) is 57.2 Å². The molecule has 1 saturated heterocycles. The first-order valence-corrected chi connectivity index (χ1v) is 8.94. The summed E-state index contributed by atoms with van der Waals surface area (Å²) < 4.78 is 12.1. The summed E-state index contributed by atoms with van der Waals surface area (Å²) >= 11 is 0. The lowest BCUT2D eigenvalue weighted by molar-refractivity contribution is -0.175. The number of carbonyl (C=O) groups excluding carboxylic acids is 1. The van der Waals surface area contributed by atoms with Gasteiger partial charge in [0.25, 0.3) is 0 Å². The summed E-state index contributed by atoms with van der Waals surface area (Å²) in [5.41, 5.74) is 0.838. The molecule has 1 aliphatic carbocycles. The molecule has 0 unspecified atom stereocenters. The Morgan fingerprint density at radius 1 is 1.33 bits per heavy atom. The number of rotatable bonds is 4. The molecule has 2 fully saturated rings. The number of nitrogens with zero attached hydrogens (tertiary/aromatic N) is 1. The van der Waals surface area contributed by atoms with Crippen LogP contribution >= 0.6 is 0 Å². The highest BCUT2D eigenvalue weighted by molar-refractivity contribution is 5.74. The molecule has 1 aromatic rings. The maximum Gasteiger partial charge on any atom is 0.315 e. The van der Waals surface area contributed by atoms with Crippen molar-refractivity contribution >= 4 is 6.03 Å². The van der Waals surface area contributed by atoms with Crippen molar-refractivity contribution < 1.29 is 14.3 Å². The van der Waals surface area contributed by atoms with Gasteiger partial charge in [0, 0.05) is 25.6 Å². The van der Waals surface area contributed by atoms with Gasteiger partial charge in [0.15, 0.2) is 5.79 Å². The number of nitrogens with one attached hydrogen (secondary N) is 2. The Labute approximate surface area is 143 Å². The third kappa shape index (κ3) is 4.45. The lowest BCUT2D eigenvalue weighted by atomic mass is 10.1. The molecule has 0 aromatic carbocycles. The summed E-state index contributed by atoms with van der Waals surface area (Å²) in [4.78, 5) is 16.3. The first-order chi connectivity index (χ1) is 11.7. The fraction of sp³-hybridized carbons (Fsp3) is 0.667. The highest BCUT2D eigenvalue weighted by atomic mass is 16.7. The number of urea groups is 1. The quantitative estimate of drug-likeness (QED) is 0.889. The third-order valence-electron chi connectivity index (χ3n) is 4.75. The zero-order valence-corrected chi connectivity index (χ0v) is 14.3. The summed E-state index contributed by atoms with van der Waals surface area (Å²) in [5, 5.41) is 5.77. The molecule has 2 amide bonds. The molecule has 2 atom stereocenters. The van der Waals surface area contributed by atoms with Crippen molar-refractivity contribution in [2.24, 2.45) is 0 Å². The van der Waals surface area contributed by atoms with E-state index in [0.717, 1.165) is 31.4 Å². The monoisotopic (exact) mass is 333 g/mol. The number of carbonyl (C=O) groups is 1. The van der Waals surface area contributed by atoms with Gasteiger partial charge < -0.3 is 20.1 Å². The van der Waals surface area contributed by atoms with Crippen LogP contribution in [0.25, 0.3) is 0 Å². The minimum absolute atomic E-state index is 0.0704. The average Bonchev–Trinajstić information content (AvgIpc) is 2.85. The van der Waals surface area contributed by atoms with E-state index in [2.05, 4.69) is 15.6 Å². The molecule has 0 radical (unpaired) electrons. The summed E-state index contributed by atoms with van der Waals surface area (Å²) in [6.45, 7) is 2.93. The van der Waals surface area contributed by atoms with Crippen molar-refractivity contribution in [3.63, 3.8) is 0 Å². The van der Waals surface area contributed by atoms with E-state index in [9.17, 15) is 4.79 Å². The predicted octanol–water partition coefficient (Wildman–Crippen LogP) is 2.91. The number of ether oxygens (including phenoxy) is 2. The molecule has 6 nitrogen and oxygen atoms in total. The Hall–Kier alpha value is -1.66. The highest BCUT2D eigenvalue weighted by Crippen LogP contribution is 2.36. The Morgan fingerprint density at radius 3 is 2.83 bits per heavy atom. The number of amides is 2. The fourth-order valence-corrected chi connectivity index (χ4v) is 3.41. The molecule has 132 valence electrons. The van der Waals surface area contributed by atoms with Crippen LogP contribution in [0.15, 0.2) is 24.4 Å². The third-order valence-corrected chi connectivity index (χ3v) is 4.75. The normalized spacial score (nSPS) is 24.3. The Morgan fingerprint density at radius 2 is 2.12 bits per heavy atom. The fourth-order valence-electron chi connectivity index (χ4n) is 3.41. The second-order valence-corrected chi connectivity index (χ2v) is 6.71. The van der Waals surface area contributed by atoms with E-state index in [1.165, 1.54) is 12.8 Å². The largest absolute Gasteiger partial charge is 0.347 e. The average molecular weight is 333 g/mol. The number of pyridine rings is 1. The SMILES string of the molecule is C[C@H](NC(=O)NC[C@H]1COC2(CCCCCC2)O1)c1ccccn1. The minimum atomic E-state index is -0.402. The highest BCUT2D eigenvalue weighted by Gasteiger charge is 2.41. The maximum absolute atomic E-state index is 12.1. The van der Waals surface area contributed by atoms with Crippen LogP contribution in [-0.2, 0) is 9.47 Å². The molecule has 1 spiro atoms.